The minimum Gasteiger partial charge on any atom is -0.390 e. The molecular weight excluding hydrogens is 444 g/mol. The monoisotopic (exact) mass is 480 g/mol. The van der Waals surface area contributed by atoms with E-state index in [1.165, 1.54) is 4.31 Å². The third-order valence-corrected chi connectivity index (χ3v) is 6.07. The molecule has 0 bridgehead atoms. The molecule has 1 rings (SSSR count). The second kappa shape index (κ2) is 14.0. The van der Waals surface area contributed by atoms with Crippen LogP contribution in [-0.4, -0.2) is 80.8 Å². The Morgan fingerprint density at radius 3 is 2.30 bits per heavy atom. The lowest BCUT2D eigenvalue weighted by Gasteiger charge is -2.30. The number of carbonyl (C=O) groups excluding carboxylic acids is 2. The molecule has 0 spiro atoms. The summed E-state index contributed by atoms with van der Waals surface area (Å²) < 4.78 is 25.7. The van der Waals surface area contributed by atoms with E-state index in [1.54, 1.807) is 7.05 Å². The fourth-order valence-corrected chi connectivity index (χ4v) is 4.25. The maximum atomic E-state index is 13.0. The molecular formula is C23H36N4O5S. The number of aliphatic hydroxyl groups excluding tert-OH is 1. The van der Waals surface area contributed by atoms with Crippen molar-refractivity contribution in [1.82, 2.24) is 20.3 Å². The van der Waals surface area contributed by atoms with Gasteiger partial charge >= 0.3 is 0 Å². The molecule has 1 aromatic carbocycles. The molecule has 1 aromatic rings. The van der Waals surface area contributed by atoms with Crippen LogP contribution in [0.1, 0.15) is 25.8 Å². The van der Waals surface area contributed by atoms with Gasteiger partial charge in [-0.25, -0.2) is 8.42 Å². The zero-order chi connectivity index (χ0) is 25.0. The van der Waals surface area contributed by atoms with Crippen LogP contribution >= 0.6 is 0 Å². The SMILES string of the molecule is C#CCC(NC(=O)CNC)C(=O)NC(Cc1ccccc1)C(O)CN(CC(C)C)S(C)(=O)=O. The molecule has 184 valence electrons. The zero-order valence-electron chi connectivity index (χ0n) is 19.7. The van der Waals surface area contributed by atoms with Crippen LogP contribution in [0.5, 0.6) is 0 Å². The summed E-state index contributed by atoms with van der Waals surface area (Å²) in [5.74, 6) is 1.48. The minimum atomic E-state index is -3.57. The summed E-state index contributed by atoms with van der Waals surface area (Å²) >= 11 is 0. The molecule has 0 aromatic heterocycles. The van der Waals surface area contributed by atoms with Crippen LogP contribution in [-0.2, 0) is 26.0 Å². The minimum absolute atomic E-state index is 0.0168. The van der Waals surface area contributed by atoms with Crippen molar-refractivity contribution in [2.24, 2.45) is 5.92 Å². The second-order valence-corrected chi connectivity index (χ2v) is 10.4. The van der Waals surface area contributed by atoms with Gasteiger partial charge in [-0.05, 0) is 24.9 Å². The molecule has 0 heterocycles. The van der Waals surface area contributed by atoms with Gasteiger partial charge in [0.15, 0.2) is 0 Å². The lowest BCUT2D eigenvalue weighted by Crippen LogP contribution is -2.56. The lowest BCUT2D eigenvalue weighted by atomic mass is 10.00. The third kappa shape index (κ3) is 10.8. The van der Waals surface area contributed by atoms with E-state index in [2.05, 4.69) is 21.9 Å². The first-order valence-electron chi connectivity index (χ1n) is 10.8. The topological polar surface area (TPSA) is 128 Å². The predicted octanol–water partition coefficient (Wildman–Crippen LogP) is -0.280. The molecule has 0 aliphatic heterocycles. The van der Waals surface area contributed by atoms with E-state index in [4.69, 9.17) is 6.42 Å². The highest BCUT2D eigenvalue weighted by atomic mass is 32.2. The largest absolute Gasteiger partial charge is 0.390 e. The Balaban J connectivity index is 3.10. The van der Waals surface area contributed by atoms with E-state index in [1.807, 2.05) is 44.2 Å². The zero-order valence-corrected chi connectivity index (χ0v) is 20.6. The summed E-state index contributed by atoms with van der Waals surface area (Å²) in [5.41, 5.74) is 0.851. The van der Waals surface area contributed by atoms with Crippen molar-refractivity contribution in [3.8, 4) is 12.3 Å². The van der Waals surface area contributed by atoms with Crippen molar-refractivity contribution >= 4 is 21.8 Å². The van der Waals surface area contributed by atoms with Gasteiger partial charge in [0.1, 0.15) is 6.04 Å². The van der Waals surface area contributed by atoms with Gasteiger partial charge in [-0.1, -0.05) is 44.2 Å². The molecule has 0 radical (unpaired) electrons. The average molecular weight is 481 g/mol. The number of nitrogens with zero attached hydrogens (tertiary/aromatic N) is 1. The van der Waals surface area contributed by atoms with Crippen LogP contribution in [0.15, 0.2) is 30.3 Å². The van der Waals surface area contributed by atoms with Crippen LogP contribution < -0.4 is 16.0 Å². The second-order valence-electron chi connectivity index (χ2n) is 8.40. The average Bonchev–Trinajstić information content (AvgIpc) is 2.72. The molecule has 0 aliphatic rings. The number of carbonyl (C=O) groups is 2. The molecule has 0 saturated carbocycles. The number of likely N-dealkylation sites (N-methyl/N-ethyl adjacent to an activating group) is 1. The molecule has 10 heteroatoms. The van der Waals surface area contributed by atoms with Gasteiger partial charge < -0.3 is 21.1 Å². The standard InChI is InChI=1S/C23H36N4O5S/c1-6-10-19(25-22(29)14-24-4)23(30)26-20(13-18-11-8-7-9-12-18)21(28)16-27(15-17(2)3)33(5,31)32/h1,7-9,11-12,17,19-21,24,28H,10,13-16H2,2-5H3,(H,25,29)(H,26,30). The lowest BCUT2D eigenvalue weighted by molar-refractivity contribution is -0.129. The summed E-state index contributed by atoms with van der Waals surface area (Å²) in [6.07, 6.45) is 5.50. The number of nitrogens with one attached hydrogen (secondary N) is 3. The fraction of sp³-hybridized carbons (Fsp3) is 0.565. The fourth-order valence-electron chi connectivity index (χ4n) is 3.26. The Bertz CT molecular complexity index is 899. The molecule has 2 amide bonds. The van der Waals surface area contributed by atoms with Gasteiger partial charge in [0.25, 0.3) is 0 Å². The highest BCUT2D eigenvalue weighted by Gasteiger charge is 2.30. The summed E-state index contributed by atoms with van der Waals surface area (Å²) in [6.45, 7) is 3.84. The van der Waals surface area contributed by atoms with Gasteiger partial charge in [-0.3, -0.25) is 9.59 Å². The first-order valence-corrected chi connectivity index (χ1v) is 12.7. The Kier molecular flexibility index (Phi) is 12.1. The molecule has 0 saturated heterocycles. The maximum absolute atomic E-state index is 13.0. The van der Waals surface area contributed by atoms with Crippen molar-refractivity contribution in [2.45, 2.75) is 44.9 Å². The number of terminal acetylenes is 1. The molecule has 4 N–H and O–H groups in total. The first kappa shape index (κ1) is 28.6. The van der Waals surface area contributed by atoms with Crippen molar-refractivity contribution in [1.29, 1.82) is 0 Å². The van der Waals surface area contributed by atoms with Gasteiger partial charge in [0.05, 0.1) is 24.9 Å². The summed E-state index contributed by atoms with van der Waals surface area (Å²) in [4.78, 5) is 24.9. The Labute approximate surface area is 197 Å². The maximum Gasteiger partial charge on any atom is 0.243 e. The van der Waals surface area contributed by atoms with Gasteiger partial charge in [0.2, 0.25) is 21.8 Å². The number of amides is 2. The normalized spacial score (nSPS) is 14.4. The number of benzene rings is 1. The van der Waals surface area contributed by atoms with Crippen LogP contribution in [0.2, 0.25) is 0 Å². The summed E-state index contributed by atoms with van der Waals surface area (Å²) in [7, 11) is -1.96. The molecule has 3 atom stereocenters. The predicted molar refractivity (Wildman–Crippen MR) is 129 cm³/mol. The van der Waals surface area contributed by atoms with E-state index in [-0.39, 0.29) is 38.4 Å². The van der Waals surface area contributed by atoms with E-state index >= 15 is 0 Å². The number of hydrogen-bond donors (Lipinski definition) is 4. The molecule has 0 fully saturated rings. The van der Waals surface area contributed by atoms with Gasteiger partial charge in [0, 0.05) is 19.5 Å². The van der Waals surface area contributed by atoms with Crippen molar-refractivity contribution in [3.05, 3.63) is 35.9 Å². The molecule has 33 heavy (non-hydrogen) atoms. The van der Waals surface area contributed by atoms with E-state index < -0.39 is 40.0 Å². The number of aliphatic hydroxyl groups is 1. The highest BCUT2D eigenvalue weighted by Crippen LogP contribution is 2.12. The Morgan fingerprint density at radius 2 is 1.79 bits per heavy atom. The van der Waals surface area contributed by atoms with Crippen molar-refractivity contribution < 1.29 is 23.1 Å². The van der Waals surface area contributed by atoms with Crippen molar-refractivity contribution in [3.63, 3.8) is 0 Å². The molecule has 0 aliphatic carbocycles. The highest BCUT2D eigenvalue weighted by molar-refractivity contribution is 7.88. The Morgan fingerprint density at radius 1 is 1.15 bits per heavy atom. The van der Waals surface area contributed by atoms with Crippen LogP contribution in [0, 0.1) is 18.3 Å². The Hall–Kier alpha value is -2.45. The van der Waals surface area contributed by atoms with Crippen LogP contribution in [0.3, 0.4) is 0 Å². The van der Waals surface area contributed by atoms with Crippen LogP contribution in [0.25, 0.3) is 0 Å². The number of hydrogen-bond acceptors (Lipinski definition) is 6. The van der Waals surface area contributed by atoms with Crippen LogP contribution in [0.4, 0.5) is 0 Å². The van der Waals surface area contributed by atoms with Gasteiger partial charge in [-0.2, -0.15) is 4.31 Å². The summed E-state index contributed by atoms with van der Waals surface area (Å²) in [5, 5.41) is 19.0. The smallest absolute Gasteiger partial charge is 0.243 e. The number of rotatable bonds is 14. The first-order chi connectivity index (χ1) is 15.5. The van der Waals surface area contributed by atoms with E-state index in [0.717, 1.165) is 11.8 Å². The quantitative estimate of drug-likeness (QED) is 0.271. The van der Waals surface area contributed by atoms with E-state index in [9.17, 15) is 23.1 Å². The molecule has 9 nitrogen and oxygen atoms in total. The van der Waals surface area contributed by atoms with Gasteiger partial charge in [-0.15, -0.1) is 12.3 Å². The van der Waals surface area contributed by atoms with Crippen molar-refractivity contribution in [2.75, 3.05) is 32.9 Å². The van der Waals surface area contributed by atoms with E-state index in [0.29, 0.717) is 0 Å². The number of sulfonamides is 1. The summed E-state index contributed by atoms with van der Waals surface area (Å²) in [6, 6.07) is 7.43. The third-order valence-electron chi connectivity index (χ3n) is 4.83. The molecule has 3 unspecified atom stereocenters.